The highest BCUT2D eigenvalue weighted by atomic mass is 14.8. The van der Waals surface area contributed by atoms with E-state index in [1.54, 1.807) is 6.20 Å². The Morgan fingerprint density at radius 2 is 1.48 bits per heavy atom. The van der Waals surface area contributed by atoms with Crippen LogP contribution in [0.2, 0.25) is 0 Å². The van der Waals surface area contributed by atoms with Crippen LogP contribution in [0, 0.1) is 0 Å². The van der Waals surface area contributed by atoms with Gasteiger partial charge in [0.25, 0.3) is 0 Å². The van der Waals surface area contributed by atoms with Crippen LogP contribution in [0.15, 0.2) is 66.9 Å². The van der Waals surface area contributed by atoms with Gasteiger partial charge in [-0.1, -0.05) is 50.2 Å². The van der Waals surface area contributed by atoms with Gasteiger partial charge in [0.2, 0.25) is 0 Å². The van der Waals surface area contributed by atoms with Crippen LogP contribution in [-0.4, -0.2) is 9.97 Å². The highest BCUT2D eigenvalue weighted by Crippen LogP contribution is 2.27. The van der Waals surface area contributed by atoms with Gasteiger partial charge in [-0.3, -0.25) is 4.98 Å². The summed E-state index contributed by atoms with van der Waals surface area (Å²) >= 11 is 0. The Morgan fingerprint density at radius 1 is 0.762 bits per heavy atom. The minimum atomic E-state index is 0.456. The van der Waals surface area contributed by atoms with Crippen molar-refractivity contribution in [1.82, 2.24) is 9.97 Å². The van der Waals surface area contributed by atoms with E-state index in [-0.39, 0.29) is 0 Å². The summed E-state index contributed by atoms with van der Waals surface area (Å²) in [7, 11) is 0. The van der Waals surface area contributed by atoms with Gasteiger partial charge in [-0.2, -0.15) is 0 Å². The normalized spacial score (nSPS) is 10.8. The molecule has 0 aliphatic carbocycles. The van der Waals surface area contributed by atoms with Gasteiger partial charge in [0.15, 0.2) is 0 Å². The van der Waals surface area contributed by atoms with Crippen molar-refractivity contribution in [1.29, 1.82) is 0 Å². The van der Waals surface area contributed by atoms with Gasteiger partial charge in [-0.05, 0) is 35.7 Å². The summed E-state index contributed by atoms with van der Waals surface area (Å²) in [4.78, 5) is 9.22. The van der Waals surface area contributed by atoms with Gasteiger partial charge in [0.05, 0.1) is 17.1 Å². The number of pyridine rings is 2. The summed E-state index contributed by atoms with van der Waals surface area (Å²) in [5.74, 6) is 0.456. The SMILES string of the molecule is CC(C)c1cc(-c2ccccc2)nc(-c2ccccn2)c1. The molecule has 3 rings (SSSR count). The molecule has 0 aliphatic heterocycles. The lowest BCUT2D eigenvalue weighted by atomic mass is 9.99. The molecule has 21 heavy (non-hydrogen) atoms. The minimum absolute atomic E-state index is 0.456. The molecule has 1 aromatic carbocycles. The maximum Gasteiger partial charge on any atom is 0.0896 e. The highest BCUT2D eigenvalue weighted by molar-refractivity contribution is 5.65. The molecular formula is C19H18N2. The Morgan fingerprint density at radius 3 is 2.14 bits per heavy atom. The molecule has 0 aliphatic rings. The smallest absolute Gasteiger partial charge is 0.0896 e. The lowest BCUT2D eigenvalue weighted by molar-refractivity contribution is 0.864. The lowest BCUT2D eigenvalue weighted by Gasteiger charge is -2.11. The second-order valence-electron chi connectivity index (χ2n) is 5.41. The lowest BCUT2D eigenvalue weighted by Crippen LogP contribution is -1.95. The van der Waals surface area contributed by atoms with Gasteiger partial charge in [-0.15, -0.1) is 0 Å². The second-order valence-corrected chi connectivity index (χ2v) is 5.41. The van der Waals surface area contributed by atoms with Crippen molar-refractivity contribution in [2.24, 2.45) is 0 Å². The Kier molecular flexibility index (Phi) is 3.78. The van der Waals surface area contributed by atoms with Crippen LogP contribution in [0.25, 0.3) is 22.6 Å². The van der Waals surface area contributed by atoms with Crippen LogP contribution < -0.4 is 0 Å². The fraction of sp³-hybridized carbons (Fsp3) is 0.158. The first kappa shape index (κ1) is 13.5. The first-order valence-electron chi connectivity index (χ1n) is 7.23. The molecule has 2 heteroatoms. The highest BCUT2D eigenvalue weighted by Gasteiger charge is 2.09. The van der Waals surface area contributed by atoms with Gasteiger partial charge < -0.3 is 0 Å². The van der Waals surface area contributed by atoms with E-state index < -0.39 is 0 Å². The van der Waals surface area contributed by atoms with Gasteiger partial charge >= 0.3 is 0 Å². The van der Waals surface area contributed by atoms with E-state index in [0.29, 0.717) is 5.92 Å². The molecule has 2 nitrogen and oxygen atoms in total. The fourth-order valence-corrected chi connectivity index (χ4v) is 2.29. The van der Waals surface area contributed by atoms with E-state index in [1.807, 2.05) is 36.4 Å². The Bertz CT molecular complexity index is 661. The maximum atomic E-state index is 4.79. The number of hydrogen-bond donors (Lipinski definition) is 0. The van der Waals surface area contributed by atoms with Crippen molar-refractivity contribution in [2.45, 2.75) is 19.8 Å². The third kappa shape index (κ3) is 3.00. The molecule has 0 amide bonds. The molecule has 104 valence electrons. The van der Waals surface area contributed by atoms with Crippen molar-refractivity contribution in [3.63, 3.8) is 0 Å². The second kappa shape index (κ2) is 5.88. The van der Waals surface area contributed by atoms with Crippen molar-refractivity contribution in [2.75, 3.05) is 0 Å². The van der Waals surface area contributed by atoms with E-state index in [2.05, 4.69) is 43.1 Å². The average molecular weight is 274 g/mol. The fourth-order valence-electron chi connectivity index (χ4n) is 2.29. The van der Waals surface area contributed by atoms with Gasteiger partial charge in [0, 0.05) is 11.8 Å². The topological polar surface area (TPSA) is 25.8 Å². The number of hydrogen-bond acceptors (Lipinski definition) is 2. The number of nitrogens with zero attached hydrogens (tertiary/aromatic N) is 2. The quantitative estimate of drug-likeness (QED) is 0.676. The molecular weight excluding hydrogens is 256 g/mol. The van der Waals surface area contributed by atoms with Crippen molar-refractivity contribution < 1.29 is 0 Å². The Balaban J connectivity index is 2.16. The minimum Gasteiger partial charge on any atom is -0.255 e. The number of aromatic nitrogens is 2. The third-order valence-electron chi connectivity index (χ3n) is 3.51. The molecule has 0 radical (unpaired) electrons. The van der Waals surface area contributed by atoms with Crippen LogP contribution in [0.1, 0.15) is 25.3 Å². The molecule has 3 aromatic rings. The van der Waals surface area contributed by atoms with Crippen molar-refractivity contribution in [3.05, 3.63) is 72.4 Å². The zero-order valence-electron chi connectivity index (χ0n) is 12.3. The Hall–Kier alpha value is -2.48. The first-order chi connectivity index (χ1) is 10.2. The predicted molar refractivity (Wildman–Crippen MR) is 87.0 cm³/mol. The summed E-state index contributed by atoms with van der Waals surface area (Å²) < 4.78 is 0. The van der Waals surface area contributed by atoms with Crippen LogP contribution in [0.3, 0.4) is 0 Å². The van der Waals surface area contributed by atoms with Crippen molar-refractivity contribution in [3.8, 4) is 22.6 Å². The summed E-state index contributed by atoms with van der Waals surface area (Å²) in [6.45, 7) is 4.40. The van der Waals surface area contributed by atoms with E-state index in [9.17, 15) is 0 Å². The molecule has 0 atom stereocenters. The molecule has 2 heterocycles. The van der Waals surface area contributed by atoms with Gasteiger partial charge in [0.1, 0.15) is 0 Å². The molecule has 0 fully saturated rings. The summed E-state index contributed by atoms with van der Waals surface area (Å²) in [5.41, 5.74) is 5.27. The monoisotopic (exact) mass is 274 g/mol. The zero-order chi connectivity index (χ0) is 14.7. The molecule has 0 spiro atoms. The Labute approximate surface area is 125 Å². The first-order valence-corrected chi connectivity index (χ1v) is 7.23. The number of rotatable bonds is 3. The standard InChI is InChI=1S/C19H18N2/c1-14(2)16-12-18(15-8-4-3-5-9-15)21-19(13-16)17-10-6-7-11-20-17/h3-14H,1-2H3. The maximum absolute atomic E-state index is 4.79. The predicted octanol–water partition coefficient (Wildman–Crippen LogP) is 4.93. The molecule has 0 unspecified atom stereocenters. The van der Waals surface area contributed by atoms with Crippen LogP contribution >= 0.6 is 0 Å². The third-order valence-corrected chi connectivity index (χ3v) is 3.51. The van der Waals surface area contributed by atoms with Crippen LogP contribution in [0.5, 0.6) is 0 Å². The van der Waals surface area contributed by atoms with E-state index >= 15 is 0 Å². The van der Waals surface area contributed by atoms with E-state index in [4.69, 9.17) is 4.98 Å². The molecule has 0 saturated heterocycles. The summed E-state index contributed by atoms with van der Waals surface area (Å²) in [6.07, 6.45) is 1.81. The van der Waals surface area contributed by atoms with Crippen molar-refractivity contribution >= 4 is 0 Å². The number of benzene rings is 1. The molecule has 0 bridgehead atoms. The summed E-state index contributed by atoms with van der Waals surface area (Å²) in [6, 6.07) is 20.5. The molecule has 0 N–H and O–H groups in total. The van der Waals surface area contributed by atoms with Crippen LogP contribution in [-0.2, 0) is 0 Å². The summed E-state index contributed by atoms with van der Waals surface area (Å²) in [5, 5.41) is 0. The molecule has 0 saturated carbocycles. The van der Waals surface area contributed by atoms with E-state index in [0.717, 1.165) is 22.6 Å². The van der Waals surface area contributed by atoms with E-state index in [1.165, 1.54) is 5.56 Å². The average Bonchev–Trinajstić information content (AvgIpc) is 2.56. The largest absolute Gasteiger partial charge is 0.255 e. The zero-order valence-corrected chi connectivity index (χ0v) is 12.3. The van der Waals surface area contributed by atoms with Crippen LogP contribution in [0.4, 0.5) is 0 Å². The molecule has 2 aromatic heterocycles. The van der Waals surface area contributed by atoms with Gasteiger partial charge in [-0.25, -0.2) is 4.98 Å².